The Hall–Kier alpha value is -2.14. The van der Waals surface area contributed by atoms with Crippen LogP contribution >= 0.6 is 11.3 Å². The minimum absolute atomic E-state index is 0.0314. The highest BCUT2D eigenvalue weighted by Crippen LogP contribution is 2.12. The van der Waals surface area contributed by atoms with Crippen LogP contribution in [0.1, 0.15) is 4.88 Å². The van der Waals surface area contributed by atoms with Gasteiger partial charge in [-0.2, -0.15) is 0 Å². The zero-order valence-corrected chi connectivity index (χ0v) is 11.2. The number of hydrogen-bond acceptors (Lipinski definition) is 4. The summed E-state index contributed by atoms with van der Waals surface area (Å²) in [7, 11) is 0. The van der Waals surface area contributed by atoms with E-state index in [-0.39, 0.29) is 5.91 Å². The van der Waals surface area contributed by atoms with Gasteiger partial charge >= 0.3 is 0 Å². The molecule has 4 nitrogen and oxygen atoms in total. The lowest BCUT2D eigenvalue weighted by molar-refractivity contribution is -0.115. The zero-order valence-electron chi connectivity index (χ0n) is 10.4. The number of hydrogen-bond donors (Lipinski definition) is 2. The summed E-state index contributed by atoms with van der Waals surface area (Å²) in [6, 6.07) is 7.54. The summed E-state index contributed by atoms with van der Waals surface area (Å²) in [5.74, 6) is 0.729. The fourth-order valence-electron chi connectivity index (χ4n) is 1.53. The Bertz CT molecular complexity index is 534. The summed E-state index contributed by atoms with van der Waals surface area (Å²) in [4.78, 5) is 17.0. The molecule has 0 saturated carbocycles. The minimum Gasteiger partial charge on any atom is -0.367 e. The first-order valence-corrected chi connectivity index (χ1v) is 6.79. The molecule has 98 valence electrons. The number of carbonyl (C=O) groups excluding carboxylic acids is 1. The SMILES string of the molecule is C=CCNc1ccc(NC(=O)Cc2cccs2)cn1. The monoisotopic (exact) mass is 273 g/mol. The van der Waals surface area contributed by atoms with Crippen LogP contribution in [0.25, 0.3) is 0 Å². The van der Waals surface area contributed by atoms with Crippen molar-refractivity contribution in [1.29, 1.82) is 0 Å². The Morgan fingerprint density at radius 3 is 2.95 bits per heavy atom. The van der Waals surface area contributed by atoms with Gasteiger partial charge in [0, 0.05) is 11.4 Å². The average Bonchev–Trinajstić information content (AvgIpc) is 2.90. The fraction of sp³-hybridized carbons (Fsp3) is 0.143. The average molecular weight is 273 g/mol. The molecule has 5 heteroatoms. The van der Waals surface area contributed by atoms with Gasteiger partial charge in [0.05, 0.1) is 18.3 Å². The van der Waals surface area contributed by atoms with E-state index in [4.69, 9.17) is 0 Å². The van der Waals surface area contributed by atoms with Crippen LogP contribution in [-0.4, -0.2) is 17.4 Å². The molecule has 1 amide bonds. The number of pyridine rings is 1. The Morgan fingerprint density at radius 2 is 2.32 bits per heavy atom. The first-order valence-electron chi connectivity index (χ1n) is 5.91. The van der Waals surface area contributed by atoms with Crippen LogP contribution in [0.4, 0.5) is 11.5 Å². The van der Waals surface area contributed by atoms with E-state index in [1.165, 1.54) is 0 Å². The molecule has 0 aliphatic heterocycles. The maximum Gasteiger partial charge on any atom is 0.229 e. The third-order valence-corrected chi connectivity index (χ3v) is 3.27. The summed E-state index contributed by atoms with van der Waals surface area (Å²) in [6.07, 6.45) is 3.80. The molecular weight excluding hydrogens is 258 g/mol. The van der Waals surface area contributed by atoms with Gasteiger partial charge in [0.15, 0.2) is 0 Å². The second-order valence-electron chi connectivity index (χ2n) is 3.91. The lowest BCUT2D eigenvalue weighted by Gasteiger charge is -2.06. The number of amides is 1. The molecule has 19 heavy (non-hydrogen) atoms. The van der Waals surface area contributed by atoms with E-state index in [0.29, 0.717) is 18.7 Å². The molecule has 0 fully saturated rings. The number of aromatic nitrogens is 1. The predicted molar refractivity (Wildman–Crippen MR) is 79.6 cm³/mol. The van der Waals surface area contributed by atoms with Gasteiger partial charge in [-0.15, -0.1) is 17.9 Å². The largest absolute Gasteiger partial charge is 0.367 e. The smallest absolute Gasteiger partial charge is 0.229 e. The Labute approximate surface area is 116 Å². The molecule has 2 N–H and O–H groups in total. The van der Waals surface area contributed by atoms with Crippen LogP contribution < -0.4 is 10.6 Å². The molecular formula is C14H15N3OS. The van der Waals surface area contributed by atoms with Crippen molar-refractivity contribution in [3.8, 4) is 0 Å². The second-order valence-corrected chi connectivity index (χ2v) is 4.94. The number of anilines is 2. The minimum atomic E-state index is -0.0314. The molecule has 2 rings (SSSR count). The number of nitrogens with zero attached hydrogens (tertiary/aromatic N) is 1. The van der Waals surface area contributed by atoms with Crippen molar-refractivity contribution in [3.05, 3.63) is 53.4 Å². The van der Waals surface area contributed by atoms with E-state index in [1.807, 2.05) is 29.6 Å². The zero-order chi connectivity index (χ0) is 13.5. The number of rotatable bonds is 6. The highest BCUT2D eigenvalue weighted by atomic mass is 32.1. The highest BCUT2D eigenvalue weighted by molar-refractivity contribution is 7.10. The summed E-state index contributed by atoms with van der Waals surface area (Å²) in [5.41, 5.74) is 0.700. The first-order chi connectivity index (χ1) is 9.28. The summed E-state index contributed by atoms with van der Waals surface area (Å²) in [6.45, 7) is 4.29. The molecule has 0 unspecified atom stereocenters. The third-order valence-electron chi connectivity index (χ3n) is 2.39. The van der Waals surface area contributed by atoms with E-state index in [1.54, 1.807) is 23.6 Å². The van der Waals surface area contributed by atoms with E-state index >= 15 is 0 Å². The maximum atomic E-state index is 11.8. The summed E-state index contributed by atoms with van der Waals surface area (Å²) >= 11 is 1.58. The van der Waals surface area contributed by atoms with Crippen molar-refractivity contribution in [3.63, 3.8) is 0 Å². The number of thiophene rings is 1. The lowest BCUT2D eigenvalue weighted by atomic mass is 10.3. The topological polar surface area (TPSA) is 54.0 Å². The highest BCUT2D eigenvalue weighted by Gasteiger charge is 2.05. The molecule has 0 radical (unpaired) electrons. The van der Waals surface area contributed by atoms with Crippen molar-refractivity contribution in [2.75, 3.05) is 17.2 Å². The maximum absolute atomic E-state index is 11.8. The third kappa shape index (κ3) is 4.22. The molecule has 0 atom stereocenters. The van der Waals surface area contributed by atoms with Crippen molar-refractivity contribution >= 4 is 28.7 Å². The molecule has 0 aromatic carbocycles. The van der Waals surface area contributed by atoms with Gasteiger partial charge in [-0.05, 0) is 23.6 Å². The van der Waals surface area contributed by atoms with E-state index in [9.17, 15) is 4.79 Å². The first kappa shape index (κ1) is 13.3. The molecule has 2 heterocycles. The van der Waals surface area contributed by atoms with E-state index in [0.717, 1.165) is 10.7 Å². The van der Waals surface area contributed by atoms with E-state index in [2.05, 4.69) is 22.2 Å². The van der Waals surface area contributed by atoms with Crippen LogP contribution in [0.15, 0.2) is 48.5 Å². The summed E-state index contributed by atoms with van der Waals surface area (Å²) < 4.78 is 0. The van der Waals surface area contributed by atoms with Gasteiger partial charge in [-0.3, -0.25) is 4.79 Å². The van der Waals surface area contributed by atoms with Gasteiger partial charge < -0.3 is 10.6 Å². The van der Waals surface area contributed by atoms with Crippen LogP contribution in [0.5, 0.6) is 0 Å². The predicted octanol–water partition coefficient (Wildman–Crippen LogP) is 2.92. The van der Waals surface area contributed by atoms with Gasteiger partial charge in [-0.1, -0.05) is 12.1 Å². The Kier molecular flexibility index (Phi) is 4.69. The van der Waals surface area contributed by atoms with E-state index < -0.39 is 0 Å². The van der Waals surface area contributed by atoms with Crippen molar-refractivity contribution < 1.29 is 4.79 Å². The van der Waals surface area contributed by atoms with Crippen molar-refractivity contribution in [1.82, 2.24) is 4.98 Å². The lowest BCUT2D eigenvalue weighted by Crippen LogP contribution is -2.14. The number of nitrogens with one attached hydrogen (secondary N) is 2. The summed E-state index contributed by atoms with van der Waals surface area (Å²) in [5, 5.41) is 7.85. The molecule has 0 saturated heterocycles. The molecule has 0 aliphatic rings. The van der Waals surface area contributed by atoms with Crippen LogP contribution in [0.2, 0.25) is 0 Å². The van der Waals surface area contributed by atoms with Gasteiger partial charge in [-0.25, -0.2) is 4.98 Å². The molecule has 2 aromatic heterocycles. The van der Waals surface area contributed by atoms with Gasteiger partial charge in [0.1, 0.15) is 5.82 Å². The van der Waals surface area contributed by atoms with Crippen LogP contribution in [-0.2, 0) is 11.2 Å². The standard InChI is InChI=1S/C14H15N3OS/c1-2-7-15-13-6-5-11(10-16-13)17-14(18)9-12-4-3-8-19-12/h2-6,8,10H,1,7,9H2,(H,15,16)(H,17,18). The molecule has 0 aliphatic carbocycles. The van der Waals surface area contributed by atoms with Crippen LogP contribution in [0.3, 0.4) is 0 Å². The normalized spacial score (nSPS) is 9.89. The van der Waals surface area contributed by atoms with Gasteiger partial charge in [0.2, 0.25) is 5.91 Å². The fourth-order valence-corrected chi connectivity index (χ4v) is 2.23. The second kappa shape index (κ2) is 6.70. The van der Waals surface area contributed by atoms with Gasteiger partial charge in [0.25, 0.3) is 0 Å². The molecule has 2 aromatic rings. The van der Waals surface area contributed by atoms with Crippen LogP contribution in [0, 0.1) is 0 Å². The number of carbonyl (C=O) groups is 1. The Morgan fingerprint density at radius 1 is 1.42 bits per heavy atom. The van der Waals surface area contributed by atoms with Crippen molar-refractivity contribution in [2.24, 2.45) is 0 Å². The molecule has 0 bridgehead atoms. The quantitative estimate of drug-likeness (QED) is 0.796. The van der Waals surface area contributed by atoms with Crippen molar-refractivity contribution in [2.45, 2.75) is 6.42 Å². The molecule has 0 spiro atoms. The Balaban J connectivity index is 1.88.